The van der Waals surface area contributed by atoms with Crippen LogP contribution in [0.15, 0.2) is 82.3 Å². The third-order valence-electron chi connectivity index (χ3n) is 3.89. The number of rotatable bonds is 7. The molecule has 0 bridgehead atoms. The third kappa shape index (κ3) is 4.42. The number of nitrogens with one attached hydrogen (secondary N) is 1. The Kier molecular flexibility index (Phi) is 5.81. The molecule has 0 unspecified atom stereocenters. The minimum atomic E-state index is -3.20. The van der Waals surface area contributed by atoms with Crippen molar-refractivity contribution in [3.05, 3.63) is 88.7 Å². The lowest BCUT2D eigenvalue weighted by Gasteiger charge is -2.18. The van der Waals surface area contributed by atoms with Gasteiger partial charge in [0, 0.05) is 10.6 Å². The van der Waals surface area contributed by atoms with Crippen molar-refractivity contribution < 1.29 is 18.7 Å². The first-order valence-electron chi connectivity index (χ1n) is 8.25. The Morgan fingerprint density at radius 1 is 1.04 bits per heavy atom. The van der Waals surface area contributed by atoms with Crippen molar-refractivity contribution in [3.8, 4) is 0 Å². The number of hydrazone groups is 1. The van der Waals surface area contributed by atoms with Crippen LogP contribution in [0.5, 0.6) is 0 Å². The van der Waals surface area contributed by atoms with Gasteiger partial charge in [-0.15, -0.1) is 0 Å². The zero-order valence-corrected chi connectivity index (χ0v) is 15.5. The summed E-state index contributed by atoms with van der Waals surface area (Å²) in [5.74, 6) is -0.861. The molecule has 0 aliphatic carbocycles. The van der Waals surface area contributed by atoms with Gasteiger partial charge in [-0.1, -0.05) is 60.7 Å². The Hall–Kier alpha value is -3.51. The summed E-state index contributed by atoms with van der Waals surface area (Å²) in [6, 6.07) is 20.1. The van der Waals surface area contributed by atoms with Gasteiger partial charge >= 0.3 is 5.88 Å². The summed E-state index contributed by atoms with van der Waals surface area (Å²) in [6.45, 7) is 0. The molecule has 142 valence electrons. The summed E-state index contributed by atoms with van der Waals surface area (Å²) in [6.07, 6.45) is 0.873. The number of hydrogen-bond acceptors (Lipinski definition) is 6. The number of nitro groups is 1. The minimum Gasteiger partial charge on any atom is -0.400 e. The molecule has 0 spiro atoms. The lowest BCUT2D eigenvalue weighted by atomic mass is 10.4. The van der Waals surface area contributed by atoms with Gasteiger partial charge < -0.3 is 8.98 Å². The van der Waals surface area contributed by atoms with Crippen LogP contribution in [0.4, 0.5) is 5.88 Å². The molecule has 0 saturated carbocycles. The highest BCUT2D eigenvalue weighted by molar-refractivity contribution is 7.79. The Morgan fingerprint density at radius 2 is 1.61 bits per heavy atom. The van der Waals surface area contributed by atoms with E-state index in [0.717, 1.165) is 6.21 Å². The smallest absolute Gasteiger partial charge is 0.400 e. The Balaban J connectivity index is 1.76. The molecular weight excluding hydrogens is 381 g/mol. The zero-order valence-electron chi connectivity index (χ0n) is 14.6. The molecule has 0 radical (unpaired) electrons. The summed E-state index contributed by atoms with van der Waals surface area (Å²) in [5, 5.41) is 15.5. The van der Waals surface area contributed by atoms with Crippen LogP contribution in [0.1, 0.15) is 5.76 Å². The van der Waals surface area contributed by atoms with Gasteiger partial charge in [0.1, 0.15) is 4.92 Å². The van der Waals surface area contributed by atoms with E-state index in [4.69, 9.17) is 4.42 Å². The summed E-state index contributed by atoms with van der Waals surface area (Å²) < 4.78 is 18.6. The molecule has 1 aromatic heterocycles. The molecule has 8 nitrogen and oxygen atoms in total. The first kappa shape index (κ1) is 19.3. The Bertz CT molecular complexity index is 1000. The number of carbonyl (C=O) groups is 1. The second-order valence-corrected chi connectivity index (χ2v) is 8.62. The first-order chi connectivity index (χ1) is 13.5. The lowest BCUT2D eigenvalue weighted by molar-refractivity contribution is -0.402. The van der Waals surface area contributed by atoms with Crippen molar-refractivity contribution >= 4 is 35.8 Å². The van der Waals surface area contributed by atoms with E-state index in [9.17, 15) is 19.5 Å². The fourth-order valence-electron chi connectivity index (χ4n) is 2.58. The number of nitrogens with zero attached hydrogens (tertiary/aromatic N) is 2. The standard InChI is InChI=1S/C19H16N3O5P/c23-18(21-20-13-15-11-12-19(27-15)22(24)25)14-28(26,16-7-3-1-4-8-16)17-9-5-2-6-10-17/h1-13H,14H2,(H,21,23). The van der Waals surface area contributed by atoms with E-state index in [-0.39, 0.29) is 11.9 Å². The Labute approximate surface area is 160 Å². The third-order valence-corrected chi connectivity index (χ3v) is 6.88. The topological polar surface area (TPSA) is 115 Å². The maximum atomic E-state index is 13.7. The molecule has 0 aliphatic heterocycles. The summed E-state index contributed by atoms with van der Waals surface area (Å²) in [5.41, 5.74) is 2.29. The monoisotopic (exact) mass is 397 g/mol. The van der Waals surface area contributed by atoms with Crippen molar-refractivity contribution in [1.29, 1.82) is 0 Å². The van der Waals surface area contributed by atoms with E-state index in [1.807, 2.05) is 12.1 Å². The largest absolute Gasteiger partial charge is 0.433 e. The molecule has 28 heavy (non-hydrogen) atoms. The van der Waals surface area contributed by atoms with Crippen LogP contribution in [0.25, 0.3) is 0 Å². The molecule has 3 rings (SSSR count). The van der Waals surface area contributed by atoms with E-state index >= 15 is 0 Å². The van der Waals surface area contributed by atoms with E-state index in [2.05, 4.69) is 10.5 Å². The van der Waals surface area contributed by atoms with Crippen LogP contribution in [0.3, 0.4) is 0 Å². The fourth-order valence-corrected chi connectivity index (χ4v) is 5.03. The summed E-state index contributed by atoms with van der Waals surface area (Å²) in [7, 11) is -3.20. The second kappa shape index (κ2) is 8.45. The zero-order chi connectivity index (χ0) is 20.0. The number of amides is 1. The molecular formula is C19H16N3O5P. The van der Waals surface area contributed by atoms with Crippen molar-refractivity contribution in [3.63, 3.8) is 0 Å². The SMILES string of the molecule is O=C(CP(=O)(c1ccccc1)c1ccccc1)NN=Cc1ccc([N+](=O)[O-])o1. The number of carbonyl (C=O) groups excluding carboxylic acids is 1. The van der Waals surface area contributed by atoms with Crippen LogP contribution >= 0.6 is 7.14 Å². The molecule has 1 heterocycles. The number of hydrogen-bond donors (Lipinski definition) is 1. The van der Waals surface area contributed by atoms with Gasteiger partial charge in [0.05, 0.1) is 18.4 Å². The average Bonchev–Trinajstić information content (AvgIpc) is 3.18. The Morgan fingerprint density at radius 3 is 2.11 bits per heavy atom. The lowest BCUT2D eigenvalue weighted by Crippen LogP contribution is -2.28. The highest BCUT2D eigenvalue weighted by Gasteiger charge is 2.30. The second-order valence-electron chi connectivity index (χ2n) is 5.80. The van der Waals surface area contributed by atoms with Crippen LogP contribution in [0, 0.1) is 10.1 Å². The van der Waals surface area contributed by atoms with Crippen LogP contribution < -0.4 is 16.0 Å². The van der Waals surface area contributed by atoms with Crippen molar-refractivity contribution in [1.82, 2.24) is 5.43 Å². The molecule has 1 N–H and O–H groups in total. The van der Waals surface area contributed by atoms with Crippen molar-refractivity contribution in [2.75, 3.05) is 6.16 Å². The molecule has 9 heteroatoms. The van der Waals surface area contributed by atoms with Crippen LogP contribution in [-0.2, 0) is 9.36 Å². The van der Waals surface area contributed by atoms with Gasteiger partial charge in [-0.2, -0.15) is 5.10 Å². The highest BCUT2D eigenvalue weighted by atomic mass is 31.2. The van der Waals surface area contributed by atoms with Gasteiger partial charge in [0.25, 0.3) is 0 Å². The maximum absolute atomic E-state index is 13.7. The molecule has 0 fully saturated rings. The van der Waals surface area contributed by atoms with E-state index in [1.165, 1.54) is 12.1 Å². The molecule has 0 saturated heterocycles. The molecule has 1 amide bonds. The fraction of sp³-hybridized carbons (Fsp3) is 0.0526. The average molecular weight is 397 g/mol. The van der Waals surface area contributed by atoms with Crippen molar-refractivity contribution in [2.24, 2.45) is 5.10 Å². The van der Waals surface area contributed by atoms with Crippen molar-refractivity contribution in [2.45, 2.75) is 0 Å². The summed E-state index contributed by atoms with van der Waals surface area (Å²) in [4.78, 5) is 22.3. The predicted molar refractivity (Wildman–Crippen MR) is 106 cm³/mol. The molecule has 0 atom stereocenters. The maximum Gasteiger partial charge on any atom is 0.433 e. The minimum absolute atomic E-state index is 0.112. The molecule has 0 aliphatic rings. The normalized spacial score (nSPS) is 11.4. The predicted octanol–water partition coefficient (Wildman–Crippen LogP) is 2.65. The molecule has 2 aromatic carbocycles. The number of furan rings is 1. The van der Waals surface area contributed by atoms with Gasteiger partial charge in [0.15, 0.2) is 12.9 Å². The van der Waals surface area contributed by atoms with Gasteiger partial charge in [-0.25, -0.2) is 5.43 Å². The van der Waals surface area contributed by atoms with E-state index in [1.54, 1.807) is 48.5 Å². The van der Waals surface area contributed by atoms with Gasteiger partial charge in [0.2, 0.25) is 5.91 Å². The number of benzene rings is 2. The van der Waals surface area contributed by atoms with Crippen LogP contribution in [-0.4, -0.2) is 23.2 Å². The molecule has 3 aromatic rings. The quantitative estimate of drug-likeness (QED) is 0.285. The summed E-state index contributed by atoms with van der Waals surface area (Å²) >= 11 is 0. The highest BCUT2D eigenvalue weighted by Crippen LogP contribution is 2.42. The van der Waals surface area contributed by atoms with E-state index < -0.39 is 23.9 Å². The van der Waals surface area contributed by atoms with Crippen LogP contribution in [0.2, 0.25) is 0 Å². The van der Waals surface area contributed by atoms with Gasteiger partial charge in [-0.05, 0) is 6.07 Å². The van der Waals surface area contributed by atoms with Gasteiger partial charge in [-0.3, -0.25) is 14.9 Å². The first-order valence-corrected chi connectivity index (χ1v) is 10.1. The van der Waals surface area contributed by atoms with E-state index in [0.29, 0.717) is 10.6 Å².